The van der Waals surface area contributed by atoms with Crippen molar-refractivity contribution in [3.8, 4) is 11.3 Å². The number of hydrogen-bond acceptors (Lipinski definition) is 6. The van der Waals surface area contributed by atoms with Gasteiger partial charge in [-0.1, -0.05) is 42.5 Å². The molecule has 156 valence electrons. The summed E-state index contributed by atoms with van der Waals surface area (Å²) in [7, 11) is 0. The van der Waals surface area contributed by atoms with Crippen LogP contribution in [0.3, 0.4) is 0 Å². The first kappa shape index (κ1) is 19.7. The third kappa shape index (κ3) is 4.40. The maximum Gasteiger partial charge on any atom is 0.181 e. The van der Waals surface area contributed by atoms with Gasteiger partial charge in [-0.05, 0) is 48.6 Å². The average Bonchev–Trinajstić information content (AvgIpc) is 3.29. The van der Waals surface area contributed by atoms with Crippen LogP contribution in [0.15, 0.2) is 95.7 Å². The Balaban J connectivity index is 1.27. The number of hydrogen-bond donors (Lipinski definition) is 3. The predicted octanol–water partition coefficient (Wildman–Crippen LogP) is 5.84. The first-order chi connectivity index (χ1) is 15.7. The van der Waals surface area contributed by atoms with Crippen molar-refractivity contribution in [2.24, 2.45) is 0 Å². The van der Waals surface area contributed by atoms with Gasteiger partial charge in [-0.15, -0.1) is 10.2 Å². The standard InChI is InChI=1S/C24H18N6OS/c32-24(28-23-13-12-18(29-30-23)16-6-2-1-3-7-16)27-20-9-5-4-8-19(20)26-17-10-11-21-22(14-17)31-15-25-21/h1-15,26H,(H2,27,28,30,32). The number of fused-ring (bicyclic) bond motifs is 1. The quantitative estimate of drug-likeness (QED) is 0.295. The molecule has 5 rings (SSSR count). The zero-order chi connectivity index (χ0) is 21.8. The highest BCUT2D eigenvalue weighted by molar-refractivity contribution is 7.80. The molecule has 7 nitrogen and oxygen atoms in total. The SMILES string of the molecule is S=C(Nc1ccc(-c2ccccc2)nn1)Nc1ccccc1Nc1ccc2ncoc2c1. The van der Waals surface area contributed by atoms with E-state index >= 15 is 0 Å². The van der Waals surface area contributed by atoms with Gasteiger partial charge in [0.25, 0.3) is 0 Å². The lowest BCUT2D eigenvalue weighted by Crippen LogP contribution is -2.20. The molecule has 0 spiro atoms. The van der Waals surface area contributed by atoms with Crippen molar-refractivity contribution in [2.75, 3.05) is 16.0 Å². The molecule has 0 amide bonds. The second-order valence-electron chi connectivity index (χ2n) is 6.95. The number of rotatable bonds is 5. The lowest BCUT2D eigenvalue weighted by Gasteiger charge is -2.15. The Hall–Kier alpha value is -4.30. The molecule has 8 heteroatoms. The van der Waals surface area contributed by atoms with Crippen LogP contribution in [0.4, 0.5) is 22.9 Å². The summed E-state index contributed by atoms with van der Waals surface area (Å²) < 4.78 is 5.38. The first-order valence-electron chi connectivity index (χ1n) is 9.91. The summed E-state index contributed by atoms with van der Waals surface area (Å²) in [6.07, 6.45) is 1.43. The zero-order valence-corrected chi connectivity index (χ0v) is 17.6. The molecule has 0 fully saturated rings. The van der Waals surface area contributed by atoms with Gasteiger partial charge in [0, 0.05) is 17.3 Å². The van der Waals surface area contributed by atoms with E-state index in [-0.39, 0.29) is 0 Å². The Morgan fingerprint density at radius 1 is 0.781 bits per heavy atom. The van der Waals surface area contributed by atoms with Gasteiger partial charge in [0.1, 0.15) is 5.52 Å². The van der Waals surface area contributed by atoms with Gasteiger partial charge in [0.05, 0.1) is 17.1 Å². The minimum atomic E-state index is 0.409. The molecule has 0 saturated carbocycles. The Labute approximate surface area is 189 Å². The molecule has 0 aliphatic rings. The molecule has 0 radical (unpaired) electrons. The van der Waals surface area contributed by atoms with Crippen molar-refractivity contribution < 1.29 is 4.42 Å². The molecular formula is C24H18N6OS. The number of thiocarbonyl (C=S) groups is 1. The summed E-state index contributed by atoms with van der Waals surface area (Å²) in [5, 5.41) is 18.6. The van der Waals surface area contributed by atoms with Crippen LogP contribution in [0, 0.1) is 0 Å². The molecule has 0 saturated heterocycles. The summed E-state index contributed by atoms with van der Waals surface area (Å²) in [5.74, 6) is 0.559. The maximum absolute atomic E-state index is 5.48. The second kappa shape index (κ2) is 8.83. The summed E-state index contributed by atoms with van der Waals surface area (Å²) in [4.78, 5) is 4.14. The fourth-order valence-corrected chi connectivity index (χ4v) is 3.44. The topological polar surface area (TPSA) is 87.9 Å². The summed E-state index contributed by atoms with van der Waals surface area (Å²) in [6.45, 7) is 0. The van der Waals surface area contributed by atoms with Gasteiger partial charge in [0.15, 0.2) is 22.9 Å². The van der Waals surface area contributed by atoms with E-state index in [2.05, 4.69) is 31.1 Å². The van der Waals surface area contributed by atoms with Crippen LogP contribution < -0.4 is 16.0 Å². The van der Waals surface area contributed by atoms with E-state index in [0.717, 1.165) is 39.4 Å². The molecule has 0 atom stereocenters. The van der Waals surface area contributed by atoms with Crippen LogP contribution in [0.5, 0.6) is 0 Å². The summed E-state index contributed by atoms with van der Waals surface area (Å²) in [6, 6.07) is 27.2. The van der Waals surface area contributed by atoms with Crippen LogP contribution in [0.2, 0.25) is 0 Å². The van der Waals surface area contributed by atoms with Crippen molar-refractivity contribution in [1.29, 1.82) is 0 Å². The number of para-hydroxylation sites is 2. The average molecular weight is 439 g/mol. The molecule has 3 N–H and O–H groups in total. The van der Waals surface area contributed by atoms with Gasteiger partial charge >= 0.3 is 0 Å². The second-order valence-corrected chi connectivity index (χ2v) is 7.36. The van der Waals surface area contributed by atoms with E-state index in [0.29, 0.717) is 10.9 Å². The lowest BCUT2D eigenvalue weighted by atomic mass is 10.1. The first-order valence-corrected chi connectivity index (χ1v) is 10.3. The Morgan fingerprint density at radius 3 is 2.41 bits per heavy atom. The van der Waals surface area contributed by atoms with Gasteiger partial charge in [-0.25, -0.2) is 4.98 Å². The van der Waals surface area contributed by atoms with Crippen LogP contribution in [-0.4, -0.2) is 20.3 Å². The zero-order valence-electron chi connectivity index (χ0n) is 16.8. The van der Waals surface area contributed by atoms with Gasteiger partial charge < -0.3 is 20.4 Å². The van der Waals surface area contributed by atoms with Gasteiger partial charge in [-0.2, -0.15) is 0 Å². The number of benzene rings is 3. The van der Waals surface area contributed by atoms with E-state index in [4.69, 9.17) is 16.6 Å². The third-order valence-electron chi connectivity index (χ3n) is 4.76. The van der Waals surface area contributed by atoms with Crippen LogP contribution in [0.1, 0.15) is 0 Å². The normalized spacial score (nSPS) is 10.6. The minimum absolute atomic E-state index is 0.409. The Bertz CT molecular complexity index is 1370. The highest BCUT2D eigenvalue weighted by atomic mass is 32.1. The molecule has 2 aromatic heterocycles. The third-order valence-corrected chi connectivity index (χ3v) is 4.97. The van der Waals surface area contributed by atoms with E-state index < -0.39 is 0 Å². The van der Waals surface area contributed by atoms with E-state index in [1.54, 1.807) is 0 Å². The lowest BCUT2D eigenvalue weighted by molar-refractivity contribution is 0.602. The number of oxazole rings is 1. The molecule has 5 aromatic rings. The van der Waals surface area contributed by atoms with Gasteiger partial charge in [0.2, 0.25) is 0 Å². The van der Waals surface area contributed by atoms with Crippen LogP contribution in [-0.2, 0) is 0 Å². The Kier molecular flexibility index (Phi) is 5.42. The van der Waals surface area contributed by atoms with Crippen molar-refractivity contribution >= 4 is 51.3 Å². The molecule has 3 aromatic carbocycles. The highest BCUT2D eigenvalue weighted by Crippen LogP contribution is 2.27. The van der Waals surface area contributed by atoms with E-state index in [9.17, 15) is 0 Å². The fourth-order valence-electron chi connectivity index (χ4n) is 3.22. The predicted molar refractivity (Wildman–Crippen MR) is 131 cm³/mol. The van der Waals surface area contributed by atoms with E-state index in [1.165, 1.54) is 6.39 Å². The van der Waals surface area contributed by atoms with Crippen molar-refractivity contribution in [1.82, 2.24) is 15.2 Å². The monoisotopic (exact) mass is 438 g/mol. The fraction of sp³-hybridized carbons (Fsp3) is 0. The summed E-state index contributed by atoms with van der Waals surface area (Å²) in [5.41, 5.74) is 5.90. The number of nitrogens with one attached hydrogen (secondary N) is 3. The van der Waals surface area contributed by atoms with Crippen LogP contribution in [0.25, 0.3) is 22.4 Å². The van der Waals surface area contributed by atoms with Crippen LogP contribution >= 0.6 is 12.2 Å². The molecule has 32 heavy (non-hydrogen) atoms. The van der Waals surface area contributed by atoms with Gasteiger partial charge in [-0.3, -0.25) is 0 Å². The van der Waals surface area contributed by atoms with Crippen molar-refractivity contribution in [3.05, 3.63) is 91.3 Å². The molecular weight excluding hydrogens is 420 g/mol. The summed E-state index contributed by atoms with van der Waals surface area (Å²) >= 11 is 5.48. The molecule has 0 aliphatic heterocycles. The maximum atomic E-state index is 5.48. The Morgan fingerprint density at radius 2 is 1.59 bits per heavy atom. The largest absolute Gasteiger partial charge is 0.443 e. The number of nitrogens with zero attached hydrogens (tertiary/aromatic N) is 3. The number of anilines is 4. The molecule has 0 aliphatic carbocycles. The molecule has 0 bridgehead atoms. The molecule has 0 unspecified atom stereocenters. The number of aromatic nitrogens is 3. The molecule has 2 heterocycles. The van der Waals surface area contributed by atoms with Crippen molar-refractivity contribution in [2.45, 2.75) is 0 Å². The van der Waals surface area contributed by atoms with E-state index in [1.807, 2.05) is 84.9 Å². The highest BCUT2D eigenvalue weighted by Gasteiger charge is 2.08. The van der Waals surface area contributed by atoms with Crippen molar-refractivity contribution in [3.63, 3.8) is 0 Å². The smallest absolute Gasteiger partial charge is 0.181 e. The minimum Gasteiger partial charge on any atom is -0.443 e.